The third-order valence-corrected chi connectivity index (χ3v) is 4.93. The first kappa shape index (κ1) is 20.0. The maximum Gasteiger partial charge on any atom is 0.231 e. The monoisotopic (exact) mass is 424 g/mol. The van der Waals surface area contributed by atoms with Crippen LogP contribution in [0.3, 0.4) is 0 Å². The Hall–Kier alpha value is -3.31. The summed E-state index contributed by atoms with van der Waals surface area (Å²) in [6.07, 6.45) is 1.68. The van der Waals surface area contributed by atoms with E-state index in [1.165, 1.54) is 12.1 Å². The fourth-order valence-electron chi connectivity index (χ4n) is 3.06. The van der Waals surface area contributed by atoms with Crippen molar-refractivity contribution in [3.05, 3.63) is 94.0 Å². The minimum Gasteiger partial charge on any atom is -0.494 e. The smallest absolute Gasteiger partial charge is 0.231 e. The summed E-state index contributed by atoms with van der Waals surface area (Å²) in [5, 5.41) is 0.295. The topological polar surface area (TPSA) is 44.8 Å². The minimum absolute atomic E-state index is 0.0346. The number of ketones is 1. The van der Waals surface area contributed by atoms with E-state index >= 15 is 0 Å². The minimum atomic E-state index is -0.435. The summed E-state index contributed by atoms with van der Waals surface area (Å²) >= 11 is 6.03. The van der Waals surface area contributed by atoms with E-state index in [2.05, 4.69) is 0 Å². The number of fused-ring (bicyclic) bond motifs is 1. The molecule has 0 bridgehead atoms. The molecule has 3 aromatic carbocycles. The Balaban J connectivity index is 1.49. The van der Waals surface area contributed by atoms with E-state index in [1.54, 1.807) is 30.3 Å². The van der Waals surface area contributed by atoms with E-state index in [1.807, 2.05) is 31.2 Å². The molecule has 152 valence electrons. The molecular formula is C24H18ClFO4. The number of hydrogen-bond donors (Lipinski definition) is 0. The fourth-order valence-corrected chi connectivity index (χ4v) is 3.28. The molecule has 4 nitrogen and oxygen atoms in total. The summed E-state index contributed by atoms with van der Waals surface area (Å²) in [6.45, 7) is 2.47. The number of ether oxygens (including phenoxy) is 3. The highest BCUT2D eigenvalue weighted by molar-refractivity contribution is 6.31. The molecule has 0 amide bonds. The van der Waals surface area contributed by atoms with E-state index in [4.69, 9.17) is 25.8 Å². The molecule has 0 saturated heterocycles. The first-order chi connectivity index (χ1) is 14.5. The first-order valence-electron chi connectivity index (χ1n) is 9.42. The predicted molar refractivity (Wildman–Crippen MR) is 113 cm³/mol. The molecule has 3 aromatic rings. The van der Waals surface area contributed by atoms with Crippen LogP contribution in [-0.4, -0.2) is 12.4 Å². The molecule has 1 heterocycles. The van der Waals surface area contributed by atoms with Crippen LogP contribution in [0.5, 0.6) is 17.2 Å². The van der Waals surface area contributed by atoms with E-state index in [0.29, 0.717) is 28.7 Å². The summed E-state index contributed by atoms with van der Waals surface area (Å²) in [6, 6.07) is 16.7. The molecule has 0 atom stereocenters. The molecule has 0 radical (unpaired) electrons. The molecule has 1 aliphatic heterocycles. The highest BCUT2D eigenvalue weighted by Crippen LogP contribution is 2.35. The van der Waals surface area contributed by atoms with E-state index in [9.17, 15) is 9.18 Å². The van der Waals surface area contributed by atoms with Crippen molar-refractivity contribution in [2.75, 3.05) is 6.61 Å². The van der Waals surface area contributed by atoms with Crippen molar-refractivity contribution < 1.29 is 23.4 Å². The summed E-state index contributed by atoms with van der Waals surface area (Å²) in [5.74, 6) is 1.19. The van der Waals surface area contributed by atoms with Crippen LogP contribution in [0.4, 0.5) is 4.39 Å². The Morgan fingerprint density at radius 1 is 1.03 bits per heavy atom. The standard InChI is InChI=1S/C24H18ClFO4/c1-2-28-16-8-6-15(7-9-16)12-23-24(27)18-11-10-17(13-22(18)30-23)29-14-19-20(25)4-3-5-21(19)26/h3-13H,2,14H2,1H3. The maximum atomic E-state index is 13.9. The number of rotatable bonds is 6. The van der Waals surface area contributed by atoms with Gasteiger partial charge in [-0.15, -0.1) is 0 Å². The van der Waals surface area contributed by atoms with Crippen molar-refractivity contribution in [3.8, 4) is 17.2 Å². The van der Waals surface area contributed by atoms with Gasteiger partial charge in [-0.1, -0.05) is 29.8 Å². The van der Waals surface area contributed by atoms with Gasteiger partial charge in [0.25, 0.3) is 0 Å². The molecule has 30 heavy (non-hydrogen) atoms. The van der Waals surface area contributed by atoms with Crippen LogP contribution < -0.4 is 14.2 Å². The van der Waals surface area contributed by atoms with Crippen LogP contribution in [0.25, 0.3) is 6.08 Å². The SMILES string of the molecule is CCOc1ccc(C=C2Oc3cc(OCc4c(F)cccc4Cl)ccc3C2=O)cc1. The van der Waals surface area contributed by atoms with Gasteiger partial charge in [-0.25, -0.2) is 4.39 Å². The quantitative estimate of drug-likeness (QED) is 0.450. The lowest BCUT2D eigenvalue weighted by Crippen LogP contribution is -1.99. The lowest BCUT2D eigenvalue weighted by Gasteiger charge is -2.09. The van der Waals surface area contributed by atoms with Gasteiger partial charge in [0.1, 0.15) is 29.7 Å². The third kappa shape index (κ3) is 4.16. The first-order valence-corrected chi connectivity index (χ1v) is 9.80. The third-order valence-electron chi connectivity index (χ3n) is 4.58. The van der Waals surface area contributed by atoms with Gasteiger partial charge in [0.05, 0.1) is 17.2 Å². The largest absolute Gasteiger partial charge is 0.494 e. The lowest BCUT2D eigenvalue weighted by atomic mass is 10.1. The van der Waals surface area contributed by atoms with Crippen LogP contribution in [0.15, 0.2) is 66.4 Å². The number of carbonyl (C=O) groups excluding carboxylic acids is 1. The second-order valence-corrected chi connectivity index (χ2v) is 7.00. The number of Topliss-reactive ketones (excluding diaryl/α,β-unsaturated/α-hetero) is 1. The summed E-state index contributed by atoms with van der Waals surface area (Å²) < 4.78 is 30.7. The van der Waals surface area contributed by atoms with Gasteiger partial charge in [0.2, 0.25) is 5.78 Å². The summed E-state index contributed by atoms with van der Waals surface area (Å²) in [4.78, 5) is 12.6. The van der Waals surface area contributed by atoms with Gasteiger partial charge in [0, 0.05) is 11.6 Å². The predicted octanol–water partition coefficient (Wildman–Crippen LogP) is 6.07. The van der Waals surface area contributed by atoms with Crippen LogP contribution in [0, 0.1) is 5.82 Å². The van der Waals surface area contributed by atoms with Crippen molar-refractivity contribution >= 4 is 23.5 Å². The molecule has 6 heteroatoms. The molecule has 0 saturated carbocycles. The molecular weight excluding hydrogens is 407 g/mol. The van der Waals surface area contributed by atoms with Gasteiger partial charge in [-0.3, -0.25) is 4.79 Å². The molecule has 0 spiro atoms. The number of hydrogen-bond acceptors (Lipinski definition) is 4. The zero-order valence-corrected chi connectivity index (χ0v) is 16.9. The highest BCUT2D eigenvalue weighted by Gasteiger charge is 2.27. The normalized spacial score (nSPS) is 13.8. The molecule has 4 rings (SSSR count). The van der Waals surface area contributed by atoms with Crippen molar-refractivity contribution in [1.82, 2.24) is 0 Å². The van der Waals surface area contributed by atoms with E-state index in [-0.39, 0.29) is 23.7 Å². The Kier molecular flexibility index (Phi) is 5.72. The molecule has 0 aromatic heterocycles. The van der Waals surface area contributed by atoms with Gasteiger partial charge in [0.15, 0.2) is 5.76 Å². The number of allylic oxidation sites excluding steroid dienone is 1. The average Bonchev–Trinajstić information content (AvgIpc) is 3.04. The Bertz CT molecular complexity index is 1100. The Morgan fingerprint density at radius 2 is 1.80 bits per heavy atom. The number of carbonyl (C=O) groups is 1. The van der Waals surface area contributed by atoms with Crippen molar-refractivity contribution in [2.45, 2.75) is 13.5 Å². The van der Waals surface area contributed by atoms with E-state index < -0.39 is 5.82 Å². The number of halogens is 2. The zero-order valence-electron chi connectivity index (χ0n) is 16.2. The van der Waals surface area contributed by atoms with Crippen LogP contribution in [0.1, 0.15) is 28.4 Å². The van der Waals surface area contributed by atoms with Crippen LogP contribution in [0.2, 0.25) is 5.02 Å². The van der Waals surface area contributed by atoms with Gasteiger partial charge in [-0.05, 0) is 55.0 Å². The molecule has 0 fully saturated rings. The maximum absolute atomic E-state index is 13.9. The second kappa shape index (κ2) is 8.59. The Morgan fingerprint density at radius 3 is 2.53 bits per heavy atom. The fraction of sp³-hybridized carbons (Fsp3) is 0.125. The number of benzene rings is 3. The summed E-state index contributed by atoms with van der Waals surface area (Å²) in [7, 11) is 0. The average molecular weight is 425 g/mol. The summed E-state index contributed by atoms with van der Waals surface area (Å²) in [5.41, 5.74) is 1.54. The van der Waals surface area contributed by atoms with Crippen molar-refractivity contribution in [1.29, 1.82) is 0 Å². The molecule has 0 aliphatic carbocycles. The molecule has 0 N–H and O–H groups in total. The van der Waals surface area contributed by atoms with E-state index in [0.717, 1.165) is 11.3 Å². The Labute approximate surface area is 178 Å². The van der Waals surface area contributed by atoms with Crippen LogP contribution in [-0.2, 0) is 6.61 Å². The second-order valence-electron chi connectivity index (χ2n) is 6.59. The zero-order chi connectivity index (χ0) is 21.1. The molecule has 1 aliphatic rings. The van der Waals surface area contributed by atoms with Gasteiger partial charge >= 0.3 is 0 Å². The van der Waals surface area contributed by atoms with Gasteiger partial charge in [-0.2, -0.15) is 0 Å². The lowest BCUT2D eigenvalue weighted by molar-refractivity contribution is 0.101. The highest BCUT2D eigenvalue weighted by atomic mass is 35.5. The van der Waals surface area contributed by atoms with Crippen molar-refractivity contribution in [3.63, 3.8) is 0 Å². The molecule has 0 unspecified atom stereocenters. The van der Waals surface area contributed by atoms with Crippen molar-refractivity contribution in [2.24, 2.45) is 0 Å². The van der Waals surface area contributed by atoms with Gasteiger partial charge < -0.3 is 14.2 Å². The van der Waals surface area contributed by atoms with Crippen LogP contribution >= 0.6 is 11.6 Å².